The Morgan fingerprint density at radius 2 is 0.862 bits per heavy atom. The van der Waals surface area contributed by atoms with E-state index in [1.54, 1.807) is 133 Å². The van der Waals surface area contributed by atoms with Crippen molar-refractivity contribution in [3.8, 4) is 0 Å². The van der Waals surface area contributed by atoms with Crippen LogP contribution in [0.25, 0.3) is 0 Å². The van der Waals surface area contributed by atoms with Crippen molar-refractivity contribution in [3.63, 3.8) is 0 Å². The van der Waals surface area contributed by atoms with Gasteiger partial charge in [0.15, 0.2) is 10.2 Å². The number of thiophene rings is 3. The zero-order valence-corrected chi connectivity index (χ0v) is 79.8. The Hall–Kier alpha value is -11.3. The van der Waals surface area contributed by atoms with E-state index in [-0.39, 0.29) is 17.6 Å². The second kappa shape index (κ2) is 75.7. The fourth-order valence-electron chi connectivity index (χ4n) is 7.90. The standard InChI is InChI=1S/C8H9N3O.C7H9ClN2S.2C7H10N2S.C6H11N3O2S.4C6H9N3S.C6H11N3S.2C5H7N3S/c1-9-11-8(12)10-7-5-3-2-4-6-7;1-5-3-6(8)7(11-5)4-10-9-2;2*1-6-3-4-7(10-6)5-9-8-2;1-3-11-5(10)4-8-6(12)9-7-2;4*1-5-8-3-6(10-5)4-9-7-2;1-7-8-6(10)9-4-2-3-5-9;1-6-8-3-5-2-7-4-9-5;1-6-8-4-5-7-2-3-9-5/h2-6H,1H2,(H2,10,11,12);3,10H,2,4H2,1H3;2*3-4,9H,2,5H2,1H3;2-4H2,1H3,(H2,8,9,12);4*3,9H,2,4H2,1H3;1-5H2,(H,8,10);2,4,8H,1,3H2;2-3,8H,1,4H2. The summed E-state index contributed by atoms with van der Waals surface area (Å²) in [5.41, 5.74) is 34.6. The second-order valence-electron chi connectivity index (χ2n) is 22.5. The van der Waals surface area contributed by atoms with E-state index in [9.17, 15) is 9.59 Å². The smallest absolute Gasteiger partial charge is 0.339 e. The monoisotopic (exact) mass is 1910 g/mol. The molecule has 10 heterocycles. The molecule has 11 rings (SSSR count). The highest BCUT2D eigenvalue weighted by atomic mass is 35.5. The Kier molecular flexibility index (Phi) is 68.8. The highest BCUT2D eigenvalue weighted by molar-refractivity contribution is 7.80. The molecule has 0 spiro atoms. The molecule has 0 aliphatic carbocycles. The number of carbonyl (C=O) groups excluding carboxylic acids is 2. The van der Waals surface area contributed by atoms with Crippen LogP contribution in [0.4, 0.5) is 10.5 Å². The van der Waals surface area contributed by atoms with Crippen molar-refractivity contribution < 1.29 is 14.3 Å². The molecule has 14 N–H and O–H groups in total. The molecule has 10 aromatic rings. The molecule has 1 fully saturated rings. The van der Waals surface area contributed by atoms with Crippen LogP contribution >= 0.6 is 138 Å². The van der Waals surface area contributed by atoms with Gasteiger partial charge in [0.05, 0.1) is 96.1 Å². The summed E-state index contributed by atoms with van der Waals surface area (Å²) in [5, 5.41) is 55.9. The van der Waals surface area contributed by atoms with Gasteiger partial charge in [0.1, 0.15) is 11.6 Å². The predicted octanol–water partition coefficient (Wildman–Crippen LogP) is 13.9. The Bertz CT molecular complexity index is 4100. The minimum Gasteiger partial charge on any atom is -0.465 e. The van der Waals surface area contributed by atoms with Crippen molar-refractivity contribution in [2.45, 2.75) is 127 Å². The molecule has 9 aromatic heterocycles. The maximum absolute atomic E-state index is 10.9. The number of carbonyl (C=O) groups is 2. The number of hydrogen-bond acceptors (Lipinski definition) is 41. The summed E-state index contributed by atoms with van der Waals surface area (Å²) in [6.45, 7) is 64.3. The number of rotatable bonds is 34. The number of aromatic nitrogens is 6. The number of thiazole rings is 6. The summed E-state index contributed by atoms with van der Waals surface area (Å²) in [6.07, 6.45) is 13.4. The number of ether oxygens (including phenoxy) is 1. The fraction of sp³-hybridized carbons (Fsp3) is 0.307. The first-order valence-corrected chi connectivity index (χ1v) is 44.8. The van der Waals surface area contributed by atoms with Gasteiger partial charge in [-0.05, 0) is 135 Å². The average molecular weight is 1910 g/mol. The second-order valence-corrected chi connectivity index (χ2v) is 35.0. The number of benzene rings is 1. The minimum atomic E-state index is -0.392. The summed E-state index contributed by atoms with van der Waals surface area (Å²) < 4.78 is 4.64. The molecule has 2 amide bonds. The van der Waals surface area contributed by atoms with Crippen molar-refractivity contribution in [2.75, 3.05) is 31.6 Å². The number of urea groups is 1. The van der Waals surface area contributed by atoms with Crippen molar-refractivity contribution in [1.82, 2.24) is 105 Å². The molecule has 48 heteroatoms. The number of thiocarbonyl (C=S) groups is 2. The van der Waals surface area contributed by atoms with Gasteiger partial charge in [-0.15, -0.1) is 102 Å². The first kappa shape index (κ1) is 112. The fourth-order valence-corrected chi connectivity index (χ4v) is 15.2. The normalized spacial score (nSPS) is 9.75. The highest BCUT2D eigenvalue weighted by Crippen LogP contribution is 2.26. The Labute approximate surface area is 772 Å². The third-order valence-electron chi connectivity index (χ3n) is 13.0. The van der Waals surface area contributed by atoms with Crippen molar-refractivity contribution in [1.29, 1.82) is 0 Å². The number of amides is 2. The molecule has 0 bridgehead atoms. The van der Waals surface area contributed by atoms with E-state index in [2.05, 4.69) is 295 Å². The lowest BCUT2D eigenvalue weighted by Gasteiger charge is -2.16. The third kappa shape index (κ3) is 62.5. The van der Waals surface area contributed by atoms with Gasteiger partial charge in [-0.3, -0.25) is 20.6 Å². The summed E-state index contributed by atoms with van der Waals surface area (Å²) >= 11 is 30.7. The third-order valence-corrected chi connectivity index (χ3v) is 22.3. The van der Waals surface area contributed by atoms with Crippen LogP contribution in [0.5, 0.6) is 0 Å². The van der Waals surface area contributed by atoms with Gasteiger partial charge in [0.2, 0.25) is 0 Å². The van der Waals surface area contributed by atoms with E-state index < -0.39 is 6.03 Å². The number of likely N-dealkylation sites (tertiary alicyclic amines) is 1. The number of nitrogens with one attached hydrogen (secondary N) is 14. The molecule has 0 atom stereocenters. The van der Waals surface area contributed by atoms with Crippen molar-refractivity contribution in [3.05, 3.63) is 192 Å². The number of nitrogens with zero attached hydrogens (tertiary/aromatic N) is 19. The van der Waals surface area contributed by atoms with Crippen LogP contribution in [0.3, 0.4) is 0 Å². The van der Waals surface area contributed by atoms with E-state index in [1.165, 1.54) is 61.6 Å². The predicted molar refractivity (Wildman–Crippen MR) is 535 cm³/mol. The Morgan fingerprint density at radius 3 is 1.20 bits per heavy atom. The maximum Gasteiger partial charge on any atom is 0.339 e. The van der Waals surface area contributed by atoms with Crippen LogP contribution < -0.4 is 75.7 Å². The van der Waals surface area contributed by atoms with Crippen LogP contribution in [0.1, 0.15) is 98.5 Å². The molecule has 1 aromatic carbocycles. The molecule has 1 aliphatic rings. The van der Waals surface area contributed by atoms with E-state index in [0.717, 1.165) is 99.5 Å². The molecule has 1 aliphatic heterocycles. The van der Waals surface area contributed by atoms with Gasteiger partial charge in [0, 0.05) is 196 Å². The largest absolute Gasteiger partial charge is 0.465 e. The lowest BCUT2D eigenvalue weighted by atomic mass is 10.3. The number of halogens is 1. The van der Waals surface area contributed by atoms with Gasteiger partial charge in [-0.2, -0.15) is 61.2 Å². The van der Waals surface area contributed by atoms with Gasteiger partial charge in [-0.1, -0.05) is 29.8 Å². The molecular formula is C75H110ClN33O3S11. The van der Waals surface area contributed by atoms with Gasteiger partial charge in [-0.25, -0.2) is 35.1 Å². The van der Waals surface area contributed by atoms with E-state index in [1.807, 2.05) is 95.2 Å². The highest BCUT2D eigenvalue weighted by Gasteiger charge is 2.13. The number of anilines is 1. The maximum atomic E-state index is 10.9. The van der Waals surface area contributed by atoms with Crippen LogP contribution in [0, 0.1) is 48.5 Å². The molecule has 0 unspecified atom stereocenters. The van der Waals surface area contributed by atoms with Gasteiger partial charge >= 0.3 is 12.0 Å². The van der Waals surface area contributed by atoms with Gasteiger partial charge < -0.3 is 69.1 Å². The van der Waals surface area contributed by atoms with Gasteiger partial charge in [0.25, 0.3) is 0 Å². The molecule has 0 saturated carbocycles. The minimum absolute atomic E-state index is 0.0369. The molecule has 1 saturated heterocycles. The first-order chi connectivity index (χ1) is 59.4. The van der Waals surface area contributed by atoms with E-state index in [4.69, 9.17) is 36.0 Å². The lowest BCUT2D eigenvalue weighted by Crippen LogP contribution is -2.36. The average Bonchev–Trinajstić information content (AvgIpc) is 1.51. The van der Waals surface area contributed by atoms with Crippen molar-refractivity contribution >= 4 is 247 Å². The zero-order valence-electron chi connectivity index (χ0n) is 70.1. The molecule has 0 radical (unpaired) electrons. The number of aryl methyl sites for hydroxylation is 7. The number of hydrogen-bond donors (Lipinski definition) is 14. The molecule has 123 heavy (non-hydrogen) atoms. The van der Waals surface area contributed by atoms with E-state index in [0.29, 0.717) is 24.8 Å². The van der Waals surface area contributed by atoms with Crippen molar-refractivity contribution in [2.24, 2.45) is 61.2 Å². The quantitative estimate of drug-likeness (QED) is 0.00771. The zero-order chi connectivity index (χ0) is 91.3. The summed E-state index contributed by atoms with van der Waals surface area (Å²) in [4.78, 5) is 61.4. The molecular weight excluding hydrogens is 1800 g/mol. The summed E-state index contributed by atoms with van der Waals surface area (Å²) in [5.74, 6) is -0.356. The first-order valence-electron chi connectivity index (χ1n) is 36.1. The Balaban J connectivity index is 0.00000132. The lowest BCUT2D eigenvalue weighted by molar-refractivity contribution is -0.141. The molecule has 666 valence electrons. The van der Waals surface area contributed by atoms with E-state index >= 15 is 0 Å². The number of hydrazone groups is 12. The van der Waals surface area contributed by atoms with Crippen LogP contribution in [0.15, 0.2) is 170 Å². The van der Waals surface area contributed by atoms with Crippen LogP contribution in [-0.2, 0) is 68.4 Å². The topological polar surface area (TPSA) is 441 Å². The van der Waals surface area contributed by atoms with Crippen LogP contribution in [-0.4, -0.2) is 164 Å². The summed E-state index contributed by atoms with van der Waals surface area (Å²) in [6, 6.07) is 19.0. The Morgan fingerprint density at radius 1 is 0.455 bits per heavy atom. The SMILES string of the molecule is C=NNC(=O)Nc1ccccc1.C=NNC(=S)N1CCCC1.C=NNC(=S)NCC(=O)OCC.C=NNCc1ccc(C)s1.C=NNCc1ccc(C)s1.C=NNCc1cnc(C)s1.C=NNCc1cnc(C)s1.C=NNCc1cnc(C)s1.C=NNCc1cnc(C)s1.C=NNCc1cncs1.C=NNCc1nccs1.C=NNCc1sc(C)cc1Cl. The number of para-hydroxylation sites is 1. The van der Waals surface area contributed by atoms with Crippen LogP contribution in [0.2, 0.25) is 5.02 Å². The summed E-state index contributed by atoms with van der Waals surface area (Å²) in [7, 11) is 0. The molecule has 36 nitrogen and oxygen atoms in total. The number of esters is 1.